The van der Waals surface area contributed by atoms with Gasteiger partial charge in [0, 0.05) is 31.7 Å². The van der Waals surface area contributed by atoms with Crippen molar-refractivity contribution in [3.05, 3.63) is 58.7 Å². The molecule has 2 aliphatic heterocycles. The van der Waals surface area contributed by atoms with E-state index < -0.39 is 17.7 Å². The van der Waals surface area contributed by atoms with Crippen LogP contribution in [0.1, 0.15) is 55.8 Å². The summed E-state index contributed by atoms with van der Waals surface area (Å²) in [4.78, 5) is 30.8. The quantitative estimate of drug-likeness (QED) is 0.161. The minimum Gasteiger partial charge on any atom is -0.507 e. The van der Waals surface area contributed by atoms with Crippen LogP contribution in [0, 0.1) is 6.92 Å². The van der Waals surface area contributed by atoms with Crippen molar-refractivity contribution in [2.24, 2.45) is 0 Å². The van der Waals surface area contributed by atoms with Gasteiger partial charge in [0.05, 0.1) is 45.2 Å². The van der Waals surface area contributed by atoms with Gasteiger partial charge in [-0.2, -0.15) is 0 Å². The average Bonchev–Trinajstić information content (AvgIpc) is 3.24. The molecule has 2 aromatic carbocycles. The molecule has 9 heteroatoms. The number of likely N-dealkylation sites (tertiary alicyclic amines) is 1. The first-order valence-corrected chi connectivity index (χ1v) is 14.5. The third-order valence-corrected chi connectivity index (χ3v) is 7.49. The first kappa shape index (κ1) is 30.4. The smallest absolute Gasteiger partial charge is 0.295 e. The number of benzene rings is 2. The fourth-order valence-electron chi connectivity index (χ4n) is 5.19. The lowest BCUT2D eigenvalue weighted by molar-refractivity contribution is -0.140. The van der Waals surface area contributed by atoms with E-state index in [1.165, 1.54) is 0 Å². The Kier molecular flexibility index (Phi) is 10.7. The third kappa shape index (κ3) is 7.02. The monoisotopic (exact) mass is 566 g/mol. The molecule has 4 rings (SSSR count). The number of unbranched alkanes of at least 4 members (excludes halogenated alkanes) is 1. The van der Waals surface area contributed by atoms with Gasteiger partial charge in [0.25, 0.3) is 11.7 Å². The molecule has 1 unspecified atom stereocenters. The van der Waals surface area contributed by atoms with Gasteiger partial charge >= 0.3 is 0 Å². The van der Waals surface area contributed by atoms with Gasteiger partial charge in [-0.1, -0.05) is 26.3 Å². The summed E-state index contributed by atoms with van der Waals surface area (Å²) in [5, 5.41) is 11.6. The number of amides is 1. The lowest BCUT2D eigenvalue weighted by atomic mass is 9.93. The number of hydrogen-bond acceptors (Lipinski definition) is 8. The number of carbonyl (C=O) groups excluding carboxylic acids is 2. The Morgan fingerprint density at radius 3 is 2.44 bits per heavy atom. The van der Waals surface area contributed by atoms with Gasteiger partial charge in [-0.05, 0) is 61.2 Å². The summed E-state index contributed by atoms with van der Waals surface area (Å²) in [6.45, 7) is 10.8. The van der Waals surface area contributed by atoms with Crippen LogP contribution in [0.2, 0.25) is 0 Å². The normalized spacial score (nSPS) is 19.0. The lowest BCUT2D eigenvalue weighted by Crippen LogP contribution is -2.42. The van der Waals surface area contributed by atoms with Crippen molar-refractivity contribution < 1.29 is 33.6 Å². The molecule has 0 radical (unpaired) electrons. The summed E-state index contributed by atoms with van der Waals surface area (Å²) >= 11 is 0. The molecule has 2 aromatic rings. The van der Waals surface area contributed by atoms with Crippen LogP contribution in [-0.4, -0.2) is 86.3 Å². The summed E-state index contributed by atoms with van der Waals surface area (Å²) in [6.07, 6.45) is 2.79. The number of ketones is 1. The van der Waals surface area contributed by atoms with Crippen LogP contribution in [0.25, 0.3) is 5.76 Å². The summed E-state index contributed by atoms with van der Waals surface area (Å²) in [7, 11) is 1.56. The van der Waals surface area contributed by atoms with E-state index in [0.717, 1.165) is 37.9 Å². The van der Waals surface area contributed by atoms with E-state index in [1.807, 2.05) is 26.0 Å². The van der Waals surface area contributed by atoms with Crippen molar-refractivity contribution in [1.82, 2.24) is 9.80 Å². The van der Waals surface area contributed by atoms with Crippen molar-refractivity contribution in [2.45, 2.75) is 46.1 Å². The molecule has 0 aromatic heterocycles. The lowest BCUT2D eigenvalue weighted by Gasteiger charge is -2.31. The van der Waals surface area contributed by atoms with Crippen molar-refractivity contribution in [2.75, 3.05) is 59.7 Å². The first-order chi connectivity index (χ1) is 19.9. The fourth-order valence-corrected chi connectivity index (χ4v) is 5.19. The second kappa shape index (κ2) is 14.4. The van der Waals surface area contributed by atoms with Crippen LogP contribution in [0.5, 0.6) is 17.2 Å². The van der Waals surface area contributed by atoms with E-state index in [1.54, 1.807) is 36.3 Å². The maximum absolute atomic E-state index is 13.6. The van der Waals surface area contributed by atoms with Gasteiger partial charge < -0.3 is 29.0 Å². The summed E-state index contributed by atoms with van der Waals surface area (Å²) in [5.74, 6) is 0.241. The second-order valence-electron chi connectivity index (χ2n) is 10.4. The zero-order valence-electron chi connectivity index (χ0n) is 24.6. The molecular formula is C32H42N2O7. The molecule has 1 atom stereocenters. The molecule has 0 saturated carbocycles. The number of ether oxygens (including phenoxy) is 4. The number of methoxy groups -OCH3 is 1. The highest BCUT2D eigenvalue weighted by Gasteiger charge is 2.46. The Labute approximate surface area is 242 Å². The number of aryl methyl sites for hydroxylation is 1. The highest BCUT2D eigenvalue weighted by molar-refractivity contribution is 6.46. The van der Waals surface area contributed by atoms with Gasteiger partial charge in [0.15, 0.2) is 11.5 Å². The molecule has 222 valence electrons. The number of rotatable bonds is 13. The number of aliphatic hydroxyl groups is 1. The summed E-state index contributed by atoms with van der Waals surface area (Å²) < 4.78 is 22.7. The molecule has 2 heterocycles. The number of Topliss-reactive ketones (excluding diaryl/α,β-unsaturated/α-hetero) is 1. The molecule has 2 saturated heterocycles. The minimum absolute atomic E-state index is 0.0593. The Hall–Kier alpha value is -3.56. The number of aliphatic hydroxyl groups excluding tert-OH is 1. The SMILES string of the molecule is CCCCOc1ccc(C2/C(=C(\O)c3ccc(OCCC)cc3C)C(=O)C(=O)N2CCN2CCOCC2)cc1OC. The van der Waals surface area contributed by atoms with Gasteiger partial charge in [-0.3, -0.25) is 14.5 Å². The van der Waals surface area contributed by atoms with Gasteiger partial charge in [0.2, 0.25) is 0 Å². The molecule has 0 spiro atoms. The number of hydrogen-bond donors (Lipinski definition) is 1. The molecule has 41 heavy (non-hydrogen) atoms. The molecular weight excluding hydrogens is 524 g/mol. The Bertz CT molecular complexity index is 1250. The summed E-state index contributed by atoms with van der Waals surface area (Å²) in [6, 6.07) is 9.98. The van der Waals surface area contributed by atoms with Gasteiger partial charge in [-0.15, -0.1) is 0 Å². The molecule has 1 N–H and O–H groups in total. The van der Waals surface area contributed by atoms with Crippen LogP contribution in [0.3, 0.4) is 0 Å². The standard InChI is InChI=1S/C32H42N2O7/c1-5-7-17-41-26-11-8-23(21-27(26)38-4)29-28(30(35)25-10-9-24(20-22(25)3)40-16-6-2)31(36)32(37)34(29)13-12-33-14-18-39-19-15-33/h8-11,20-21,29,35H,5-7,12-19H2,1-4H3/b30-28+. The van der Waals surface area contributed by atoms with Crippen LogP contribution >= 0.6 is 0 Å². The van der Waals surface area contributed by atoms with E-state index >= 15 is 0 Å². The van der Waals surface area contributed by atoms with E-state index in [2.05, 4.69) is 11.8 Å². The van der Waals surface area contributed by atoms with Gasteiger partial charge in [-0.25, -0.2) is 0 Å². The van der Waals surface area contributed by atoms with Crippen LogP contribution in [0.15, 0.2) is 42.0 Å². The zero-order valence-corrected chi connectivity index (χ0v) is 24.6. The maximum Gasteiger partial charge on any atom is 0.295 e. The fraction of sp³-hybridized carbons (Fsp3) is 0.500. The van der Waals surface area contributed by atoms with Crippen molar-refractivity contribution in [1.29, 1.82) is 0 Å². The molecule has 9 nitrogen and oxygen atoms in total. The molecule has 0 aliphatic carbocycles. The number of nitrogens with zero attached hydrogens (tertiary/aromatic N) is 2. The molecule has 1 amide bonds. The highest BCUT2D eigenvalue weighted by Crippen LogP contribution is 2.42. The topological polar surface area (TPSA) is 97.8 Å². The maximum atomic E-state index is 13.6. The van der Waals surface area contributed by atoms with Crippen molar-refractivity contribution in [3.63, 3.8) is 0 Å². The second-order valence-corrected chi connectivity index (χ2v) is 10.4. The molecule has 2 aliphatic rings. The van der Waals surface area contributed by atoms with E-state index in [0.29, 0.717) is 67.9 Å². The molecule has 2 fully saturated rings. The predicted molar refractivity (Wildman–Crippen MR) is 157 cm³/mol. The first-order valence-electron chi connectivity index (χ1n) is 14.5. The Morgan fingerprint density at radius 1 is 0.976 bits per heavy atom. The van der Waals surface area contributed by atoms with Crippen molar-refractivity contribution >= 4 is 17.4 Å². The Balaban J connectivity index is 1.75. The van der Waals surface area contributed by atoms with E-state index in [9.17, 15) is 14.7 Å². The highest BCUT2D eigenvalue weighted by atomic mass is 16.5. The zero-order chi connectivity index (χ0) is 29.4. The van der Waals surface area contributed by atoms with Crippen LogP contribution in [-0.2, 0) is 14.3 Å². The van der Waals surface area contributed by atoms with E-state index in [4.69, 9.17) is 18.9 Å². The number of morpholine rings is 1. The average molecular weight is 567 g/mol. The molecule has 0 bridgehead atoms. The summed E-state index contributed by atoms with van der Waals surface area (Å²) in [5.41, 5.74) is 1.94. The Morgan fingerprint density at radius 2 is 1.76 bits per heavy atom. The number of carbonyl (C=O) groups is 2. The minimum atomic E-state index is -0.787. The predicted octanol–water partition coefficient (Wildman–Crippen LogP) is 4.73. The third-order valence-electron chi connectivity index (χ3n) is 7.49. The van der Waals surface area contributed by atoms with Crippen molar-refractivity contribution in [3.8, 4) is 17.2 Å². The van der Waals surface area contributed by atoms with Crippen LogP contribution in [0.4, 0.5) is 0 Å². The van der Waals surface area contributed by atoms with E-state index in [-0.39, 0.29) is 11.3 Å². The van der Waals surface area contributed by atoms with Gasteiger partial charge in [0.1, 0.15) is 11.5 Å². The largest absolute Gasteiger partial charge is 0.507 e. The van der Waals surface area contributed by atoms with Crippen LogP contribution < -0.4 is 14.2 Å².